The summed E-state index contributed by atoms with van der Waals surface area (Å²) in [5, 5.41) is 8.93. The minimum Gasteiger partial charge on any atom is -0.355 e. The Morgan fingerprint density at radius 1 is 1.30 bits per heavy atom. The van der Waals surface area contributed by atoms with E-state index in [1.54, 1.807) is 6.20 Å². The average Bonchev–Trinajstić information content (AvgIpc) is 2.47. The summed E-state index contributed by atoms with van der Waals surface area (Å²) in [4.78, 5) is 6.54. The van der Waals surface area contributed by atoms with Crippen molar-refractivity contribution in [2.75, 3.05) is 11.9 Å². The fourth-order valence-electron chi connectivity index (χ4n) is 2.19. The highest BCUT2D eigenvalue weighted by atomic mass is 35.5. The second kappa shape index (κ2) is 6.40. The number of benzene rings is 1. The Morgan fingerprint density at radius 3 is 2.75 bits per heavy atom. The minimum absolute atomic E-state index is 0.474. The number of aryl methyl sites for hydroxylation is 1. The highest BCUT2D eigenvalue weighted by molar-refractivity contribution is 6.17. The van der Waals surface area contributed by atoms with Gasteiger partial charge in [-0.1, -0.05) is 12.1 Å². The third kappa shape index (κ3) is 3.28. The molecule has 2 rings (SSSR count). The molecule has 4 heteroatoms. The van der Waals surface area contributed by atoms with E-state index < -0.39 is 0 Å². The smallest absolute Gasteiger partial charge is 0.131 e. The van der Waals surface area contributed by atoms with Crippen LogP contribution < -0.4 is 4.90 Å². The maximum absolute atomic E-state index is 8.93. The predicted molar refractivity (Wildman–Crippen MR) is 81.8 cm³/mol. The minimum atomic E-state index is 0.474. The van der Waals surface area contributed by atoms with E-state index >= 15 is 0 Å². The van der Waals surface area contributed by atoms with Crippen LogP contribution in [0.4, 0.5) is 5.82 Å². The van der Waals surface area contributed by atoms with E-state index in [2.05, 4.69) is 22.0 Å². The molecule has 1 heterocycles. The van der Waals surface area contributed by atoms with Gasteiger partial charge in [0.05, 0.1) is 11.6 Å². The summed E-state index contributed by atoms with van der Waals surface area (Å²) in [6.45, 7) is 2.74. The number of aromatic nitrogens is 1. The molecule has 0 radical (unpaired) electrons. The highest BCUT2D eigenvalue weighted by Gasteiger charge is 2.08. The molecule has 0 aliphatic rings. The van der Waals surface area contributed by atoms with Crippen LogP contribution in [-0.2, 0) is 12.4 Å². The van der Waals surface area contributed by atoms with Crippen LogP contribution in [0.25, 0.3) is 0 Å². The largest absolute Gasteiger partial charge is 0.355 e. The molecule has 0 N–H and O–H groups in total. The number of rotatable bonds is 4. The molecule has 0 atom stereocenters. The first kappa shape index (κ1) is 14.4. The van der Waals surface area contributed by atoms with E-state index in [9.17, 15) is 0 Å². The number of pyridine rings is 1. The Hall–Kier alpha value is -2.05. The van der Waals surface area contributed by atoms with Gasteiger partial charge in [-0.05, 0) is 41.8 Å². The molecule has 20 heavy (non-hydrogen) atoms. The predicted octanol–water partition coefficient (Wildman–Crippen LogP) is 3.64. The van der Waals surface area contributed by atoms with Crippen LogP contribution in [0.1, 0.15) is 22.3 Å². The monoisotopic (exact) mass is 285 g/mol. The zero-order valence-electron chi connectivity index (χ0n) is 11.6. The summed E-state index contributed by atoms with van der Waals surface area (Å²) in [7, 11) is 1.99. The van der Waals surface area contributed by atoms with Crippen molar-refractivity contribution in [2.24, 2.45) is 0 Å². The fourth-order valence-corrected chi connectivity index (χ4v) is 2.33. The van der Waals surface area contributed by atoms with Crippen molar-refractivity contribution in [3.8, 4) is 6.07 Å². The number of alkyl halides is 1. The summed E-state index contributed by atoms with van der Waals surface area (Å²) in [5.41, 5.74) is 3.89. The first-order valence-corrected chi connectivity index (χ1v) is 6.89. The zero-order chi connectivity index (χ0) is 14.5. The molecule has 1 aromatic carbocycles. The summed E-state index contributed by atoms with van der Waals surface area (Å²) in [6, 6.07) is 11.8. The van der Waals surface area contributed by atoms with Gasteiger partial charge in [-0.15, -0.1) is 11.6 Å². The SMILES string of the molecule is Cc1cc(CCl)cnc1N(C)Cc1cccc(C#N)c1. The Kier molecular flexibility index (Phi) is 4.60. The highest BCUT2D eigenvalue weighted by Crippen LogP contribution is 2.19. The van der Waals surface area contributed by atoms with Crippen molar-refractivity contribution in [3.63, 3.8) is 0 Å². The van der Waals surface area contributed by atoms with Crippen molar-refractivity contribution >= 4 is 17.4 Å². The van der Waals surface area contributed by atoms with Gasteiger partial charge >= 0.3 is 0 Å². The molecule has 0 aliphatic carbocycles. The van der Waals surface area contributed by atoms with Crippen LogP contribution in [0.3, 0.4) is 0 Å². The van der Waals surface area contributed by atoms with E-state index in [0.29, 0.717) is 18.0 Å². The van der Waals surface area contributed by atoms with Gasteiger partial charge in [-0.25, -0.2) is 4.98 Å². The Morgan fingerprint density at radius 2 is 2.10 bits per heavy atom. The fraction of sp³-hybridized carbons (Fsp3) is 0.250. The molecule has 0 saturated carbocycles. The van der Waals surface area contributed by atoms with E-state index in [0.717, 1.165) is 22.5 Å². The molecule has 3 nitrogen and oxygen atoms in total. The number of nitrogens with zero attached hydrogens (tertiary/aromatic N) is 3. The van der Waals surface area contributed by atoms with Crippen LogP contribution in [0.15, 0.2) is 36.5 Å². The summed E-state index contributed by atoms with van der Waals surface area (Å²) in [5.74, 6) is 1.41. The first-order valence-electron chi connectivity index (χ1n) is 6.35. The number of hydrogen-bond acceptors (Lipinski definition) is 3. The van der Waals surface area contributed by atoms with Crippen molar-refractivity contribution < 1.29 is 0 Å². The zero-order valence-corrected chi connectivity index (χ0v) is 12.4. The summed E-state index contributed by atoms with van der Waals surface area (Å²) < 4.78 is 0. The third-order valence-electron chi connectivity index (χ3n) is 3.10. The first-order chi connectivity index (χ1) is 9.63. The molecule has 0 saturated heterocycles. The van der Waals surface area contributed by atoms with Gasteiger partial charge in [0.2, 0.25) is 0 Å². The maximum atomic E-state index is 8.93. The lowest BCUT2D eigenvalue weighted by atomic mass is 10.1. The molecule has 2 aromatic rings. The topological polar surface area (TPSA) is 39.9 Å². The molecule has 0 unspecified atom stereocenters. The van der Waals surface area contributed by atoms with Crippen molar-refractivity contribution in [1.29, 1.82) is 5.26 Å². The number of halogens is 1. The molecule has 1 aromatic heterocycles. The maximum Gasteiger partial charge on any atom is 0.131 e. The Balaban J connectivity index is 2.19. The number of nitriles is 1. The Labute approximate surface area is 124 Å². The molecule has 0 aliphatic heterocycles. The standard InChI is InChI=1S/C16H16ClN3/c1-12-6-15(8-17)10-19-16(12)20(2)11-14-5-3-4-13(7-14)9-18/h3-7,10H,8,11H2,1-2H3. The van der Waals surface area contributed by atoms with Gasteiger partial charge in [0.15, 0.2) is 0 Å². The summed E-state index contributed by atoms with van der Waals surface area (Å²) >= 11 is 5.81. The second-order valence-electron chi connectivity index (χ2n) is 4.79. The second-order valence-corrected chi connectivity index (χ2v) is 5.05. The van der Waals surface area contributed by atoms with Gasteiger partial charge in [0, 0.05) is 25.7 Å². The third-order valence-corrected chi connectivity index (χ3v) is 3.41. The quantitative estimate of drug-likeness (QED) is 0.805. The van der Waals surface area contributed by atoms with Gasteiger partial charge in [-0.2, -0.15) is 5.26 Å². The van der Waals surface area contributed by atoms with Crippen LogP contribution >= 0.6 is 11.6 Å². The van der Waals surface area contributed by atoms with Gasteiger partial charge in [0.1, 0.15) is 5.82 Å². The van der Waals surface area contributed by atoms with Crippen LogP contribution in [0.5, 0.6) is 0 Å². The molecule has 102 valence electrons. The average molecular weight is 286 g/mol. The lowest BCUT2D eigenvalue weighted by molar-refractivity contribution is 0.888. The molecule has 0 bridgehead atoms. The summed E-state index contributed by atoms with van der Waals surface area (Å²) in [6.07, 6.45) is 1.80. The van der Waals surface area contributed by atoms with Crippen LogP contribution in [-0.4, -0.2) is 12.0 Å². The van der Waals surface area contributed by atoms with Gasteiger partial charge in [-0.3, -0.25) is 0 Å². The molecule has 0 fully saturated rings. The normalized spacial score (nSPS) is 10.1. The van der Waals surface area contributed by atoms with E-state index in [4.69, 9.17) is 16.9 Å². The Bertz CT molecular complexity index is 646. The number of hydrogen-bond donors (Lipinski definition) is 0. The number of anilines is 1. The van der Waals surface area contributed by atoms with E-state index in [1.165, 1.54) is 0 Å². The molecule has 0 spiro atoms. The molecule has 0 amide bonds. The van der Waals surface area contributed by atoms with Crippen molar-refractivity contribution in [1.82, 2.24) is 4.98 Å². The van der Waals surface area contributed by atoms with Crippen molar-refractivity contribution in [3.05, 3.63) is 58.8 Å². The van der Waals surface area contributed by atoms with Crippen LogP contribution in [0, 0.1) is 18.3 Å². The van der Waals surface area contributed by atoms with Gasteiger partial charge < -0.3 is 4.90 Å². The lowest BCUT2D eigenvalue weighted by Gasteiger charge is -2.20. The van der Waals surface area contributed by atoms with Gasteiger partial charge in [0.25, 0.3) is 0 Å². The lowest BCUT2D eigenvalue weighted by Crippen LogP contribution is -2.19. The molecular formula is C16H16ClN3. The van der Waals surface area contributed by atoms with Crippen LogP contribution in [0.2, 0.25) is 0 Å². The van der Waals surface area contributed by atoms with Crippen molar-refractivity contribution in [2.45, 2.75) is 19.3 Å². The van der Waals surface area contributed by atoms with E-state index in [1.807, 2.05) is 38.2 Å². The molecular weight excluding hydrogens is 270 g/mol. The van der Waals surface area contributed by atoms with E-state index in [-0.39, 0.29) is 0 Å².